The zero-order valence-electron chi connectivity index (χ0n) is 14.2. The Morgan fingerprint density at radius 2 is 1.92 bits per heavy atom. The molecule has 0 aromatic heterocycles. The van der Waals surface area contributed by atoms with E-state index in [0.29, 0.717) is 6.42 Å². The number of esters is 3. The summed E-state index contributed by atoms with van der Waals surface area (Å²) in [5.41, 5.74) is -0.167. The van der Waals surface area contributed by atoms with Gasteiger partial charge in [0.25, 0.3) is 0 Å². The van der Waals surface area contributed by atoms with Crippen molar-refractivity contribution in [3.05, 3.63) is 12.2 Å². The molecule has 24 heavy (non-hydrogen) atoms. The molecule has 6 heteroatoms. The molecule has 1 saturated heterocycles. The zero-order chi connectivity index (χ0) is 17.5. The Labute approximate surface area is 141 Å². The smallest absolute Gasteiger partial charge is 0.333 e. The van der Waals surface area contributed by atoms with Crippen molar-refractivity contribution in [1.82, 2.24) is 0 Å². The number of carbonyl (C=O) groups is 3. The van der Waals surface area contributed by atoms with Crippen LogP contribution >= 0.6 is 0 Å². The summed E-state index contributed by atoms with van der Waals surface area (Å²) in [6.07, 6.45) is 3.33. The Kier molecular flexibility index (Phi) is 4.40. The second-order valence-electron chi connectivity index (χ2n) is 7.46. The van der Waals surface area contributed by atoms with Crippen molar-refractivity contribution >= 4 is 17.9 Å². The molecule has 0 spiro atoms. The van der Waals surface area contributed by atoms with E-state index >= 15 is 0 Å². The zero-order valence-corrected chi connectivity index (χ0v) is 14.2. The van der Waals surface area contributed by atoms with Gasteiger partial charge in [0, 0.05) is 18.4 Å². The van der Waals surface area contributed by atoms with Crippen molar-refractivity contribution < 1.29 is 28.6 Å². The van der Waals surface area contributed by atoms with Crippen LogP contribution in [0.4, 0.5) is 0 Å². The summed E-state index contributed by atoms with van der Waals surface area (Å²) in [7, 11) is 0. The first kappa shape index (κ1) is 17.0. The molecule has 1 heterocycles. The number of hydrogen-bond acceptors (Lipinski definition) is 6. The van der Waals surface area contributed by atoms with Gasteiger partial charge in [-0.25, -0.2) is 4.79 Å². The summed E-state index contributed by atoms with van der Waals surface area (Å²) in [6.45, 7) is 7.05. The lowest BCUT2D eigenvalue weighted by Crippen LogP contribution is -2.43. The van der Waals surface area contributed by atoms with E-state index in [1.807, 2.05) is 6.92 Å². The third-order valence-electron chi connectivity index (χ3n) is 5.36. The molecule has 0 aromatic carbocycles. The van der Waals surface area contributed by atoms with Crippen molar-refractivity contribution in [3.8, 4) is 0 Å². The van der Waals surface area contributed by atoms with Gasteiger partial charge < -0.3 is 14.2 Å². The molecule has 2 aliphatic carbocycles. The number of carbonyl (C=O) groups excluding carboxylic acids is 3. The number of rotatable bonds is 4. The minimum absolute atomic E-state index is 0.259. The van der Waals surface area contributed by atoms with Crippen LogP contribution in [0.5, 0.6) is 0 Å². The van der Waals surface area contributed by atoms with Crippen LogP contribution in [0.1, 0.15) is 52.4 Å². The van der Waals surface area contributed by atoms with E-state index in [4.69, 9.17) is 14.2 Å². The van der Waals surface area contributed by atoms with Crippen LogP contribution in [0, 0.1) is 11.8 Å². The molecule has 3 aliphatic rings. The average Bonchev–Trinajstić information content (AvgIpc) is 3.07. The van der Waals surface area contributed by atoms with Gasteiger partial charge in [-0.1, -0.05) is 6.58 Å². The minimum Gasteiger partial charge on any atom is -0.459 e. The molecule has 1 aliphatic heterocycles. The lowest BCUT2D eigenvalue weighted by atomic mass is 9.78. The van der Waals surface area contributed by atoms with E-state index in [2.05, 4.69) is 6.58 Å². The molecule has 4 atom stereocenters. The fraction of sp³-hybridized carbons (Fsp3) is 0.722. The molecule has 4 unspecified atom stereocenters. The second kappa shape index (κ2) is 6.22. The van der Waals surface area contributed by atoms with Crippen molar-refractivity contribution in [2.24, 2.45) is 11.8 Å². The largest absolute Gasteiger partial charge is 0.459 e. The van der Waals surface area contributed by atoms with Gasteiger partial charge in [-0.15, -0.1) is 0 Å². The fourth-order valence-electron chi connectivity index (χ4n) is 3.92. The Morgan fingerprint density at radius 1 is 1.25 bits per heavy atom. The predicted molar refractivity (Wildman–Crippen MR) is 83.8 cm³/mol. The van der Waals surface area contributed by atoms with Crippen molar-refractivity contribution in [1.29, 1.82) is 0 Å². The molecule has 6 nitrogen and oxygen atoms in total. The maximum atomic E-state index is 12.7. The molecule has 0 aromatic rings. The van der Waals surface area contributed by atoms with E-state index in [1.165, 1.54) is 0 Å². The standard InChI is InChI=1S/C18H24O6/c1-10(2)15(19)22-13-9-12(11-8-14(13)23-16(11)20)17(21)24-18(3)6-4-5-7-18/h11-14H,1,4-9H2,2-3H3. The Bertz CT molecular complexity index is 574. The van der Waals surface area contributed by atoms with Crippen LogP contribution in [0.3, 0.4) is 0 Å². The van der Waals surface area contributed by atoms with Gasteiger partial charge in [-0.2, -0.15) is 0 Å². The monoisotopic (exact) mass is 336 g/mol. The molecule has 2 saturated carbocycles. The van der Waals surface area contributed by atoms with E-state index in [1.54, 1.807) is 6.92 Å². The summed E-state index contributed by atoms with van der Waals surface area (Å²) in [4.78, 5) is 36.5. The molecule has 0 radical (unpaired) electrons. The van der Waals surface area contributed by atoms with Gasteiger partial charge in [0.05, 0.1) is 11.8 Å². The van der Waals surface area contributed by atoms with E-state index in [-0.39, 0.29) is 18.0 Å². The summed E-state index contributed by atoms with van der Waals surface area (Å²) < 4.78 is 16.4. The van der Waals surface area contributed by atoms with Crippen molar-refractivity contribution in [3.63, 3.8) is 0 Å². The van der Waals surface area contributed by atoms with E-state index in [9.17, 15) is 14.4 Å². The topological polar surface area (TPSA) is 78.9 Å². The maximum Gasteiger partial charge on any atom is 0.333 e. The molecule has 0 N–H and O–H groups in total. The highest BCUT2D eigenvalue weighted by Gasteiger charge is 2.54. The maximum absolute atomic E-state index is 12.7. The second-order valence-corrected chi connectivity index (χ2v) is 7.46. The van der Waals surface area contributed by atoms with Gasteiger partial charge in [0.2, 0.25) is 0 Å². The Balaban J connectivity index is 1.71. The minimum atomic E-state index is -0.620. The third kappa shape index (κ3) is 3.19. The average molecular weight is 336 g/mol. The lowest BCUT2D eigenvalue weighted by molar-refractivity contribution is -0.170. The Hall–Kier alpha value is -1.85. The number of ether oxygens (including phenoxy) is 3. The number of fused-ring (bicyclic) bond motifs is 2. The highest BCUT2D eigenvalue weighted by atomic mass is 16.6. The highest BCUT2D eigenvalue weighted by molar-refractivity contribution is 5.88. The van der Waals surface area contributed by atoms with Crippen LogP contribution < -0.4 is 0 Å². The van der Waals surface area contributed by atoms with Crippen LogP contribution in [-0.4, -0.2) is 35.7 Å². The van der Waals surface area contributed by atoms with Gasteiger partial charge in [0.15, 0.2) is 0 Å². The van der Waals surface area contributed by atoms with Gasteiger partial charge in [-0.3, -0.25) is 9.59 Å². The first-order valence-corrected chi connectivity index (χ1v) is 8.59. The number of hydrogen-bond donors (Lipinski definition) is 0. The SMILES string of the molecule is C=C(C)C(=O)OC1CC(C(=O)OC2(C)CCCC2)C2CC1OC2=O. The van der Waals surface area contributed by atoms with Crippen molar-refractivity contribution in [2.75, 3.05) is 0 Å². The first-order valence-electron chi connectivity index (χ1n) is 8.59. The van der Waals surface area contributed by atoms with E-state index < -0.39 is 41.6 Å². The lowest BCUT2D eigenvalue weighted by Gasteiger charge is -2.33. The summed E-state index contributed by atoms with van der Waals surface area (Å²) >= 11 is 0. The highest BCUT2D eigenvalue weighted by Crippen LogP contribution is 2.42. The third-order valence-corrected chi connectivity index (χ3v) is 5.36. The molecule has 132 valence electrons. The molecule has 3 fully saturated rings. The van der Waals surface area contributed by atoms with Crippen LogP contribution in [0.2, 0.25) is 0 Å². The summed E-state index contributed by atoms with van der Waals surface area (Å²) in [5.74, 6) is -2.41. The van der Waals surface area contributed by atoms with Crippen LogP contribution in [-0.2, 0) is 28.6 Å². The normalized spacial score (nSPS) is 33.7. The molecular weight excluding hydrogens is 312 g/mol. The molecule has 3 rings (SSSR count). The van der Waals surface area contributed by atoms with Gasteiger partial charge in [-0.05, 0) is 39.5 Å². The first-order chi connectivity index (χ1) is 11.3. The summed E-state index contributed by atoms with van der Waals surface area (Å²) in [6, 6.07) is 0. The fourth-order valence-corrected chi connectivity index (χ4v) is 3.92. The van der Waals surface area contributed by atoms with Crippen LogP contribution in [0.15, 0.2) is 12.2 Å². The Morgan fingerprint density at radius 3 is 2.54 bits per heavy atom. The van der Waals surface area contributed by atoms with Gasteiger partial charge >= 0.3 is 17.9 Å². The van der Waals surface area contributed by atoms with E-state index in [0.717, 1.165) is 25.7 Å². The quantitative estimate of drug-likeness (QED) is 0.445. The molecule has 0 amide bonds. The van der Waals surface area contributed by atoms with Crippen LogP contribution in [0.25, 0.3) is 0 Å². The van der Waals surface area contributed by atoms with Crippen molar-refractivity contribution in [2.45, 2.75) is 70.2 Å². The predicted octanol–water partition coefficient (Wildman–Crippen LogP) is 2.30. The molecule has 2 bridgehead atoms. The van der Waals surface area contributed by atoms with Gasteiger partial charge in [0.1, 0.15) is 17.8 Å². The summed E-state index contributed by atoms with van der Waals surface area (Å²) in [5, 5.41) is 0. The molecular formula is C18H24O6.